The first-order chi connectivity index (χ1) is 7.05. The number of hydrogen-bond donors (Lipinski definition) is 1. The Morgan fingerprint density at radius 3 is 2.53 bits per heavy atom. The summed E-state index contributed by atoms with van der Waals surface area (Å²) in [7, 11) is 3.19. The summed E-state index contributed by atoms with van der Waals surface area (Å²) in [6.07, 6.45) is 1.57. The average Bonchev–Trinajstić information content (AvgIpc) is 3.05. The van der Waals surface area contributed by atoms with E-state index >= 15 is 0 Å². The maximum absolute atomic E-state index is 11.7. The zero-order valence-corrected chi connectivity index (χ0v) is 9.04. The maximum atomic E-state index is 11.7. The topological polar surface area (TPSA) is 73.2 Å². The Morgan fingerprint density at radius 2 is 2.13 bits per heavy atom. The molecule has 0 aromatic heterocycles. The largest absolute Gasteiger partial charge is 0.359 e. The molecule has 1 fully saturated rings. The lowest BCUT2D eigenvalue weighted by Gasteiger charge is -2.18. The third kappa shape index (κ3) is 2.46. The second-order valence-electron chi connectivity index (χ2n) is 3.84. The molecule has 15 heavy (non-hydrogen) atoms. The van der Waals surface area contributed by atoms with Crippen LogP contribution in [0, 0.1) is 16.7 Å². The Bertz CT molecular complexity index is 315. The fraction of sp³-hybridized carbons (Fsp3) is 0.700. The van der Waals surface area contributed by atoms with Crippen molar-refractivity contribution in [1.29, 1.82) is 5.26 Å². The molecule has 1 N–H and O–H groups in total. The number of nitrogens with zero attached hydrogens (tertiary/aromatic N) is 2. The Morgan fingerprint density at radius 1 is 1.53 bits per heavy atom. The van der Waals surface area contributed by atoms with Gasteiger partial charge < -0.3 is 10.2 Å². The van der Waals surface area contributed by atoms with E-state index in [0.717, 1.165) is 0 Å². The van der Waals surface area contributed by atoms with Crippen LogP contribution in [0.3, 0.4) is 0 Å². The number of nitriles is 1. The second kappa shape index (κ2) is 4.30. The number of carbonyl (C=O) groups excluding carboxylic acids is 2. The van der Waals surface area contributed by atoms with Gasteiger partial charge >= 0.3 is 0 Å². The van der Waals surface area contributed by atoms with Crippen LogP contribution in [-0.2, 0) is 9.59 Å². The Kier molecular flexibility index (Phi) is 3.30. The predicted molar refractivity (Wildman–Crippen MR) is 53.6 cm³/mol. The maximum Gasteiger partial charge on any atom is 0.242 e. The minimum Gasteiger partial charge on any atom is -0.359 e. The summed E-state index contributed by atoms with van der Waals surface area (Å²) in [5.41, 5.74) is -0.780. The van der Waals surface area contributed by atoms with Crippen LogP contribution in [0.25, 0.3) is 0 Å². The van der Waals surface area contributed by atoms with Crippen molar-refractivity contribution in [1.82, 2.24) is 10.2 Å². The number of nitrogens with one attached hydrogen (secondary N) is 1. The van der Waals surface area contributed by atoms with Gasteiger partial charge in [0.15, 0.2) is 0 Å². The average molecular weight is 209 g/mol. The van der Waals surface area contributed by atoms with Crippen LogP contribution in [-0.4, -0.2) is 37.4 Å². The van der Waals surface area contributed by atoms with E-state index in [-0.39, 0.29) is 18.2 Å². The molecule has 0 aromatic rings. The van der Waals surface area contributed by atoms with Crippen LogP contribution in [0.4, 0.5) is 0 Å². The third-order valence-electron chi connectivity index (χ3n) is 2.67. The van der Waals surface area contributed by atoms with Crippen molar-refractivity contribution in [2.24, 2.45) is 5.41 Å². The van der Waals surface area contributed by atoms with Crippen molar-refractivity contribution in [3.05, 3.63) is 0 Å². The number of carbonyl (C=O) groups is 2. The highest BCUT2D eigenvalue weighted by atomic mass is 16.2. The third-order valence-corrected chi connectivity index (χ3v) is 2.67. The fourth-order valence-corrected chi connectivity index (χ4v) is 1.36. The molecule has 0 radical (unpaired) electrons. The smallest absolute Gasteiger partial charge is 0.242 e. The molecule has 0 bridgehead atoms. The normalized spacial score (nSPS) is 16.3. The first-order valence-corrected chi connectivity index (χ1v) is 4.93. The minimum atomic E-state index is -0.780. The lowest BCUT2D eigenvalue weighted by atomic mass is 10.1. The van der Waals surface area contributed by atoms with Crippen molar-refractivity contribution in [2.75, 3.05) is 20.6 Å². The molecule has 0 spiro atoms. The number of hydrogen-bond acceptors (Lipinski definition) is 3. The second-order valence-corrected chi connectivity index (χ2v) is 3.84. The summed E-state index contributed by atoms with van der Waals surface area (Å²) in [5, 5.41) is 11.3. The zero-order valence-electron chi connectivity index (χ0n) is 9.04. The van der Waals surface area contributed by atoms with E-state index < -0.39 is 5.41 Å². The van der Waals surface area contributed by atoms with E-state index in [1.807, 2.05) is 6.07 Å². The molecule has 5 heteroatoms. The van der Waals surface area contributed by atoms with Crippen molar-refractivity contribution in [3.8, 4) is 6.07 Å². The first-order valence-electron chi connectivity index (χ1n) is 4.93. The van der Waals surface area contributed by atoms with Gasteiger partial charge in [-0.05, 0) is 12.8 Å². The van der Waals surface area contributed by atoms with Gasteiger partial charge in [0.25, 0.3) is 0 Å². The van der Waals surface area contributed by atoms with E-state index in [9.17, 15) is 9.59 Å². The molecule has 5 nitrogen and oxygen atoms in total. The Labute approximate surface area is 89.0 Å². The van der Waals surface area contributed by atoms with E-state index in [1.165, 1.54) is 4.90 Å². The van der Waals surface area contributed by atoms with E-state index in [1.54, 1.807) is 14.1 Å². The molecule has 1 aliphatic rings. The molecular formula is C10H15N3O2. The van der Waals surface area contributed by atoms with Gasteiger partial charge in [0, 0.05) is 27.1 Å². The lowest BCUT2D eigenvalue weighted by molar-refractivity contribution is -0.134. The molecule has 0 aliphatic heterocycles. The van der Waals surface area contributed by atoms with Gasteiger partial charge in [-0.3, -0.25) is 9.59 Å². The van der Waals surface area contributed by atoms with E-state index in [0.29, 0.717) is 19.4 Å². The number of rotatable bonds is 4. The van der Waals surface area contributed by atoms with Crippen LogP contribution >= 0.6 is 0 Å². The van der Waals surface area contributed by atoms with Crippen LogP contribution < -0.4 is 5.32 Å². The molecular weight excluding hydrogens is 194 g/mol. The molecule has 0 heterocycles. The van der Waals surface area contributed by atoms with Gasteiger partial charge in [0.2, 0.25) is 11.8 Å². The van der Waals surface area contributed by atoms with Crippen LogP contribution in [0.15, 0.2) is 0 Å². The van der Waals surface area contributed by atoms with Crippen molar-refractivity contribution < 1.29 is 9.59 Å². The first kappa shape index (κ1) is 11.5. The van der Waals surface area contributed by atoms with E-state index in [2.05, 4.69) is 5.32 Å². The fourth-order valence-electron chi connectivity index (χ4n) is 1.36. The molecule has 82 valence electrons. The van der Waals surface area contributed by atoms with Gasteiger partial charge in [-0.25, -0.2) is 0 Å². The summed E-state index contributed by atoms with van der Waals surface area (Å²) in [5.74, 6) is -0.259. The molecule has 0 aromatic carbocycles. The van der Waals surface area contributed by atoms with Gasteiger partial charge in [0.05, 0.1) is 6.07 Å². The van der Waals surface area contributed by atoms with Gasteiger partial charge in [-0.15, -0.1) is 0 Å². The SMILES string of the molecule is CNC(=O)CCN(C)C(=O)C1(C#N)CC1. The van der Waals surface area contributed by atoms with Crippen molar-refractivity contribution in [2.45, 2.75) is 19.3 Å². The predicted octanol–water partition coefficient (Wildman–Crippen LogP) is -0.115. The summed E-state index contributed by atoms with van der Waals surface area (Å²) in [6.45, 7) is 0.363. The monoisotopic (exact) mass is 209 g/mol. The van der Waals surface area contributed by atoms with Crippen molar-refractivity contribution >= 4 is 11.8 Å². The highest BCUT2D eigenvalue weighted by molar-refractivity contribution is 5.88. The quantitative estimate of drug-likeness (QED) is 0.701. The molecule has 0 atom stereocenters. The summed E-state index contributed by atoms with van der Waals surface area (Å²) < 4.78 is 0. The minimum absolute atomic E-state index is 0.101. The Hall–Kier alpha value is -1.57. The van der Waals surface area contributed by atoms with Crippen LogP contribution in [0.2, 0.25) is 0 Å². The highest BCUT2D eigenvalue weighted by Gasteiger charge is 2.51. The Balaban J connectivity index is 2.41. The van der Waals surface area contributed by atoms with Gasteiger partial charge in [0.1, 0.15) is 5.41 Å². The zero-order chi connectivity index (χ0) is 11.5. The molecule has 0 unspecified atom stereocenters. The molecule has 2 amide bonds. The molecule has 1 saturated carbocycles. The van der Waals surface area contributed by atoms with Crippen LogP contribution in [0.5, 0.6) is 0 Å². The lowest BCUT2D eigenvalue weighted by Crippen LogP contribution is -2.36. The van der Waals surface area contributed by atoms with E-state index in [4.69, 9.17) is 5.26 Å². The van der Waals surface area contributed by atoms with Gasteiger partial charge in [-0.1, -0.05) is 0 Å². The number of amides is 2. The standard InChI is InChI=1S/C10H15N3O2/c1-12-8(14)3-6-13(2)9(15)10(7-11)4-5-10/h3-6H2,1-2H3,(H,12,14). The highest BCUT2D eigenvalue weighted by Crippen LogP contribution is 2.46. The summed E-state index contributed by atoms with van der Waals surface area (Å²) in [4.78, 5) is 24.2. The van der Waals surface area contributed by atoms with Crippen molar-refractivity contribution in [3.63, 3.8) is 0 Å². The molecule has 0 saturated heterocycles. The molecule has 1 aliphatic carbocycles. The van der Waals surface area contributed by atoms with Crippen LogP contribution in [0.1, 0.15) is 19.3 Å². The summed E-state index contributed by atoms with van der Waals surface area (Å²) in [6, 6.07) is 2.04. The summed E-state index contributed by atoms with van der Waals surface area (Å²) >= 11 is 0. The van der Waals surface area contributed by atoms with Gasteiger partial charge in [-0.2, -0.15) is 5.26 Å². The molecule has 1 rings (SSSR count).